The van der Waals surface area contributed by atoms with Gasteiger partial charge in [0.1, 0.15) is 0 Å². The van der Waals surface area contributed by atoms with Crippen LogP contribution in [0.4, 0.5) is 5.95 Å². The third-order valence-corrected chi connectivity index (χ3v) is 2.39. The largest absolute Gasteiger partial charge is 0.481 e. The molecule has 0 radical (unpaired) electrons. The molecule has 0 amide bonds. The van der Waals surface area contributed by atoms with E-state index >= 15 is 0 Å². The fraction of sp³-hybridized carbons (Fsp3) is 0.300. The van der Waals surface area contributed by atoms with Crippen LogP contribution >= 0.6 is 0 Å². The zero-order valence-corrected chi connectivity index (χ0v) is 8.79. The molecular formula is C10H12N4O2. The van der Waals surface area contributed by atoms with Gasteiger partial charge < -0.3 is 10.8 Å². The van der Waals surface area contributed by atoms with Gasteiger partial charge in [-0.15, -0.1) is 5.10 Å². The smallest absolute Gasteiger partial charge is 0.306 e. The van der Waals surface area contributed by atoms with Crippen molar-refractivity contribution in [3.8, 4) is 0 Å². The van der Waals surface area contributed by atoms with E-state index in [1.165, 1.54) is 0 Å². The molecule has 0 saturated heterocycles. The van der Waals surface area contributed by atoms with Gasteiger partial charge in [0.15, 0.2) is 5.65 Å². The summed E-state index contributed by atoms with van der Waals surface area (Å²) >= 11 is 0. The maximum Gasteiger partial charge on any atom is 0.306 e. The van der Waals surface area contributed by atoms with E-state index in [2.05, 4.69) is 10.1 Å². The van der Waals surface area contributed by atoms with Crippen LogP contribution in [0, 0.1) is 5.92 Å². The molecule has 0 aliphatic carbocycles. The summed E-state index contributed by atoms with van der Waals surface area (Å²) in [6.07, 6.45) is 0.398. The molecule has 6 nitrogen and oxygen atoms in total. The lowest BCUT2D eigenvalue weighted by molar-refractivity contribution is -0.141. The van der Waals surface area contributed by atoms with Gasteiger partial charge in [-0.1, -0.05) is 13.0 Å². The van der Waals surface area contributed by atoms with Crippen molar-refractivity contribution in [3.63, 3.8) is 0 Å². The average Bonchev–Trinajstić information content (AvgIpc) is 2.59. The zero-order valence-electron chi connectivity index (χ0n) is 8.79. The molecule has 0 fully saturated rings. The number of nitrogen functional groups attached to an aromatic ring is 1. The molecule has 0 aliphatic heterocycles. The molecule has 2 aromatic heterocycles. The Morgan fingerprint density at radius 1 is 1.62 bits per heavy atom. The fourth-order valence-corrected chi connectivity index (χ4v) is 1.53. The lowest BCUT2D eigenvalue weighted by Gasteiger charge is -2.07. The second-order valence-corrected chi connectivity index (χ2v) is 3.70. The Morgan fingerprint density at radius 2 is 2.38 bits per heavy atom. The molecular weight excluding hydrogens is 208 g/mol. The van der Waals surface area contributed by atoms with Crippen molar-refractivity contribution in [1.29, 1.82) is 0 Å². The first kappa shape index (κ1) is 10.4. The van der Waals surface area contributed by atoms with Crippen LogP contribution in [0.15, 0.2) is 18.2 Å². The monoisotopic (exact) mass is 220 g/mol. The van der Waals surface area contributed by atoms with Gasteiger partial charge in [0.25, 0.3) is 0 Å². The quantitative estimate of drug-likeness (QED) is 0.788. The highest BCUT2D eigenvalue weighted by atomic mass is 16.4. The molecule has 3 N–H and O–H groups in total. The van der Waals surface area contributed by atoms with Crippen LogP contribution in [0.1, 0.15) is 12.6 Å². The first-order valence-corrected chi connectivity index (χ1v) is 4.91. The molecule has 84 valence electrons. The number of fused-ring (bicyclic) bond motifs is 1. The second-order valence-electron chi connectivity index (χ2n) is 3.70. The van der Waals surface area contributed by atoms with Crippen molar-refractivity contribution in [1.82, 2.24) is 14.6 Å². The molecule has 0 aromatic carbocycles. The van der Waals surface area contributed by atoms with E-state index in [4.69, 9.17) is 10.8 Å². The summed E-state index contributed by atoms with van der Waals surface area (Å²) in [7, 11) is 0. The van der Waals surface area contributed by atoms with E-state index in [-0.39, 0.29) is 5.95 Å². The summed E-state index contributed by atoms with van der Waals surface area (Å²) < 4.78 is 1.58. The van der Waals surface area contributed by atoms with E-state index < -0.39 is 11.9 Å². The molecule has 1 atom stereocenters. The lowest BCUT2D eigenvalue weighted by Crippen LogP contribution is -2.14. The van der Waals surface area contributed by atoms with Crippen LogP contribution in [0.3, 0.4) is 0 Å². The maximum absolute atomic E-state index is 10.8. The summed E-state index contributed by atoms with van der Waals surface area (Å²) in [5, 5.41) is 12.9. The number of carbonyl (C=O) groups is 1. The predicted molar refractivity (Wildman–Crippen MR) is 57.9 cm³/mol. The number of aromatic nitrogens is 3. The number of pyridine rings is 1. The van der Waals surface area contributed by atoms with Gasteiger partial charge in [0.2, 0.25) is 5.95 Å². The average molecular weight is 220 g/mol. The van der Waals surface area contributed by atoms with Gasteiger partial charge in [-0.25, -0.2) is 4.52 Å². The van der Waals surface area contributed by atoms with Gasteiger partial charge in [0.05, 0.1) is 5.92 Å². The number of hydrogen-bond acceptors (Lipinski definition) is 4. The number of hydrogen-bond donors (Lipinski definition) is 2. The highest BCUT2D eigenvalue weighted by molar-refractivity contribution is 5.69. The molecule has 2 aromatic rings. The number of nitrogens with two attached hydrogens (primary N) is 1. The molecule has 0 spiro atoms. The molecule has 0 aliphatic rings. The number of carboxylic acid groups (broad SMARTS) is 1. The lowest BCUT2D eigenvalue weighted by atomic mass is 10.1. The van der Waals surface area contributed by atoms with Crippen LogP contribution in [0.25, 0.3) is 5.65 Å². The van der Waals surface area contributed by atoms with Gasteiger partial charge >= 0.3 is 5.97 Å². The topological polar surface area (TPSA) is 93.5 Å². The van der Waals surface area contributed by atoms with Crippen molar-refractivity contribution in [2.24, 2.45) is 5.92 Å². The minimum absolute atomic E-state index is 0.190. The van der Waals surface area contributed by atoms with E-state index in [1.54, 1.807) is 17.5 Å². The molecule has 0 bridgehead atoms. The molecule has 16 heavy (non-hydrogen) atoms. The maximum atomic E-state index is 10.8. The summed E-state index contributed by atoms with van der Waals surface area (Å²) in [5.41, 5.74) is 6.91. The first-order chi connectivity index (χ1) is 7.58. The van der Waals surface area contributed by atoms with Gasteiger partial charge in [0, 0.05) is 12.1 Å². The molecule has 2 rings (SSSR count). The van der Waals surface area contributed by atoms with Crippen LogP contribution < -0.4 is 5.73 Å². The van der Waals surface area contributed by atoms with Crippen molar-refractivity contribution in [2.45, 2.75) is 13.3 Å². The van der Waals surface area contributed by atoms with Crippen LogP contribution in [-0.2, 0) is 11.2 Å². The van der Waals surface area contributed by atoms with E-state index in [9.17, 15) is 4.79 Å². The van der Waals surface area contributed by atoms with Gasteiger partial charge in [-0.2, -0.15) is 4.98 Å². The normalized spacial score (nSPS) is 12.8. The number of rotatable bonds is 3. The van der Waals surface area contributed by atoms with Crippen molar-refractivity contribution >= 4 is 17.6 Å². The SMILES string of the molecule is CC(Cc1cccc2nc(N)nn12)C(=O)O. The van der Waals surface area contributed by atoms with Gasteiger partial charge in [-0.3, -0.25) is 4.79 Å². The van der Waals surface area contributed by atoms with Crippen molar-refractivity contribution in [3.05, 3.63) is 23.9 Å². The fourth-order valence-electron chi connectivity index (χ4n) is 1.53. The molecule has 0 saturated carbocycles. The first-order valence-electron chi connectivity index (χ1n) is 4.91. The standard InChI is InChI=1S/C10H12N4O2/c1-6(9(15)16)5-7-3-2-4-8-12-10(11)13-14(7)8/h2-4,6H,5H2,1H3,(H2,11,13)(H,15,16). The van der Waals surface area contributed by atoms with E-state index in [0.717, 1.165) is 5.69 Å². The Bertz CT molecular complexity index is 535. The minimum atomic E-state index is -0.829. The van der Waals surface area contributed by atoms with E-state index in [0.29, 0.717) is 12.1 Å². The highest BCUT2D eigenvalue weighted by Gasteiger charge is 2.14. The Labute approximate surface area is 91.7 Å². The number of anilines is 1. The summed E-state index contributed by atoms with van der Waals surface area (Å²) in [4.78, 5) is 14.8. The Morgan fingerprint density at radius 3 is 3.06 bits per heavy atom. The third kappa shape index (κ3) is 1.81. The van der Waals surface area contributed by atoms with Crippen molar-refractivity contribution in [2.75, 3.05) is 5.73 Å². The van der Waals surface area contributed by atoms with Gasteiger partial charge in [-0.05, 0) is 12.1 Å². The minimum Gasteiger partial charge on any atom is -0.481 e. The Hall–Kier alpha value is -2.11. The zero-order chi connectivity index (χ0) is 11.7. The predicted octanol–water partition coefficient (Wildman–Crippen LogP) is 0.575. The Balaban J connectivity index is 2.40. The summed E-state index contributed by atoms with van der Waals surface area (Å²) in [5.74, 6) is -1.10. The number of aliphatic carboxylic acids is 1. The summed E-state index contributed by atoms with van der Waals surface area (Å²) in [6, 6.07) is 5.41. The van der Waals surface area contributed by atoms with Crippen molar-refractivity contribution < 1.29 is 9.90 Å². The Kier molecular flexibility index (Phi) is 2.47. The van der Waals surface area contributed by atoms with E-state index in [1.807, 2.05) is 12.1 Å². The molecule has 6 heteroatoms. The molecule has 1 unspecified atom stereocenters. The van der Waals surface area contributed by atoms with Crippen LogP contribution in [-0.4, -0.2) is 25.7 Å². The second kappa shape index (κ2) is 3.80. The molecule has 2 heterocycles. The number of nitrogens with zero attached hydrogens (tertiary/aromatic N) is 3. The summed E-state index contributed by atoms with van der Waals surface area (Å²) in [6.45, 7) is 1.65. The van der Waals surface area contributed by atoms with Crippen LogP contribution in [0.2, 0.25) is 0 Å². The number of carboxylic acids is 1. The highest BCUT2D eigenvalue weighted by Crippen LogP contribution is 2.11. The van der Waals surface area contributed by atoms with Crippen LogP contribution in [0.5, 0.6) is 0 Å². The third-order valence-electron chi connectivity index (χ3n) is 2.39.